The van der Waals surface area contributed by atoms with Crippen LogP contribution < -0.4 is 0 Å². The van der Waals surface area contributed by atoms with Crippen LogP contribution in [-0.2, 0) is 24.9 Å². The van der Waals surface area contributed by atoms with Gasteiger partial charge in [0.25, 0.3) is 0 Å². The molecule has 2 aromatic carbocycles. The molecule has 1 N–H and O–H groups in total. The number of aliphatic hydroxyl groups excluding tert-OH is 1. The maximum absolute atomic E-state index is 11.7. The quantitative estimate of drug-likeness (QED) is 0.106. The Kier molecular flexibility index (Phi) is 13.0. The van der Waals surface area contributed by atoms with Gasteiger partial charge in [-0.3, -0.25) is 4.79 Å². The van der Waals surface area contributed by atoms with Crippen LogP contribution in [-0.4, -0.2) is 15.9 Å². The van der Waals surface area contributed by atoms with Crippen LogP contribution in [0, 0.1) is 38.7 Å². The van der Waals surface area contributed by atoms with E-state index in [0.717, 1.165) is 64.8 Å². The number of fused-ring (bicyclic) bond motifs is 1. The number of aliphatic hydroxyl groups is 1. The van der Waals surface area contributed by atoms with E-state index in [4.69, 9.17) is 4.42 Å². The Hall–Kier alpha value is -3.01. The molecule has 2 heterocycles. The summed E-state index contributed by atoms with van der Waals surface area (Å²) in [6.07, 6.45) is 6.78. The minimum Gasteiger partial charge on any atom is -0.512 e. The third-order valence-corrected chi connectivity index (χ3v) is 7.24. The molecule has 0 saturated carbocycles. The number of hydrogen-bond donors (Lipinski definition) is 1. The van der Waals surface area contributed by atoms with E-state index in [1.54, 1.807) is 0 Å². The van der Waals surface area contributed by atoms with Crippen molar-refractivity contribution in [2.24, 2.45) is 11.8 Å². The van der Waals surface area contributed by atoms with E-state index in [1.165, 1.54) is 17.2 Å². The van der Waals surface area contributed by atoms with Crippen molar-refractivity contribution < 1.29 is 34.4 Å². The van der Waals surface area contributed by atoms with Crippen molar-refractivity contribution in [3.8, 4) is 22.6 Å². The van der Waals surface area contributed by atoms with Crippen LogP contribution >= 0.6 is 0 Å². The molecule has 1 radical (unpaired) electrons. The second-order valence-corrected chi connectivity index (χ2v) is 10.3. The summed E-state index contributed by atoms with van der Waals surface area (Å²) in [4.78, 5) is 16.3. The van der Waals surface area contributed by atoms with Crippen LogP contribution in [0.4, 0.5) is 0 Å². The number of hydrogen-bond acceptors (Lipinski definition) is 4. The number of nitrogens with zero attached hydrogens (tertiary/aromatic N) is 1. The molecule has 0 spiro atoms. The van der Waals surface area contributed by atoms with Gasteiger partial charge in [0.1, 0.15) is 11.3 Å². The number of carbonyl (C=O) groups excluding carboxylic acids is 1. The fourth-order valence-electron chi connectivity index (χ4n) is 4.75. The van der Waals surface area contributed by atoms with Crippen LogP contribution in [0.1, 0.15) is 70.1 Å². The van der Waals surface area contributed by atoms with Crippen molar-refractivity contribution in [2.45, 2.75) is 74.1 Å². The van der Waals surface area contributed by atoms with E-state index >= 15 is 0 Å². The van der Waals surface area contributed by atoms with Crippen LogP contribution in [0.3, 0.4) is 0 Å². The monoisotopic (exact) mass is 717 g/mol. The molecule has 0 amide bonds. The van der Waals surface area contributed by atoms with Gasteiger partial charge in [0.15, 0.2) is 5.78 Å². The van der Waals surface area contributed by atoms with Crippen LogP contribution in [0.2, 0.25) is 0 Å². The van der Waals surface area contributed by atoms with E-state index in [-0.39, 0.29) is 43.5 Å². The van der Waals surface area contributed by atoms with Crippen molar-refractivity contribution in [3.63, 3.8) is 0 Å². The molecule has 4 aromatic rings. The first kappa shape index (κ1) is 33.2. The molecule has 0 bridgehead atoms. The Bertz CT molecular complexity index is 1390. The zero-order chi connectivity index (χ0) is 28.5. The molecule has 0 aliphatic heterocycles. The van der Waals surface area contributed by atoms with Gasteiger partial charge < -0.3 is 14.5 Å². The van der Waals surface area contributed by atoms with Gasteiger partial charge in [0.2, 0.25) is 0 Å². The molecule has 0 unspecified atom stereocenters. The number of furan rings is 1. The van der Waals surface area contributed by atoms with Gasteiger partial charge in [-0.2, -0.15) is 0 Å². The number of pyridine rings is 1. The third kappa shape index (κ3) is 8.74. The fraction of sp³-hybridized carbons (Fsp3) is 0.371. The summed E-state index contributed by atoms with van der Waals surface area (Å²) < 4.78 is 6.06. The minimum absolute atomic E-state index is 0. The zero-order valence-electron chi connectivity index (χ0n) is 24.8. The van der Waals surface area contributed by atoms with Crippen LogP contribution in [0.15, 0.2) is 71.0 Å². The molecule has 0 aliphatic carbocycles. The SMILES string of the molecule is CCC(CC)C(=O)/C=C(\O)C(CC)CC.Cc1[c-]c(-c2cc3oc(-c4ccc(C)cc4)cc3cn2)cc(C)c1.[Ir]. The van der Waals surface area contributed by atoms with Gasteiger partial charge in [-0.05, 0) is 50.4 Å². The Balaban J connectivity index is 0.000000307. The first-order valence-corrected chi connectivity index (χ1v) is 14.1. The molecule has 40 heavy (non-hydrogen) atoms. The molecule has 0 saturated heterocycles. The minimum atomic E-state index is 0. The molecule has 0 fully saturated rings. The number of allylic oxidation sites excluding steroid dienone is 2. The van der Waals surface area contributed by atoms with Gasteiger partial charge in [-0.25, -0.2) is 0 Å². The molecule has 4 rings (SSSR count). The summed E-state index contributed by atoms with van der Waals surface area (Å²) in [5, 5.41) is 10.8. The Morgan fingerprint density at radius 2 is 1.52 bits per heavy atom. The summed E-state index contributed by atoms with van der Waals surface area (Å²) in [5.41, 5.74) is 7.39. The first-order valence-electron chi connectivity index (χ1n) is 14.1. The molecule has 5 heteroatoms. The average Bonchev–Trinajstić information content (AvgIpc) is 3.34. The van der Waals surface area contributed by atoms with Crippen LogP contribution in [0.5, 0.6) is 0 Å². The normalized spacial score (nSPS) is 11.4. The van der Waals surface area contributed by atoms with Gasteiger partial charge in [-0.15, -0.1) is 34.9 Å². The summed E-state index contributed by atoms with van der Waals surface area (Å²) >= 11 is 0. The standard InChI is InChI=1S/C22H18NO.C13H24O2.Ir/c1-14-4-6-17(7-5-14)21-11-19-13-23-20(12-22(19)24-21)18-9-15(2)8-16(3)10-18;1-5-10(6-2)12(14)9-13(15)11(7-3)8-4;/h4-9,11-13H,1-3H3;9-11,14H,5-8H2,1-4H3;/q-1;;/b;12-9-;. The average molecular weight is 717 g/mol. The van der Waals surface area contributed by atoms with E-state index in [9.17, 15) is 9.90 Å². The molecule has 2 aromatic heterocycles. The van der Waals surface area contributed by atoms with Gasteiger partial charge in [0.05, 0.1) is 5.76 Å². The number of carbonyl (C=O) groups is 1. The smallest absolute Gasteiger partial charge is 0.162 e. The number of aromatic nitrogens is 1. The second-order valence-electron chi connectivity index (χ2n) is 10.3. The Labute approximate surface area is 253 Å². The topological polar surface area (TPSA) is 63.3 Å². The molecular weight excluding hydrogens is 675 g/mol. The van der Waals surface area contributed by atoms with E-state index in [2.05, 4.69) is 68.2 Å². The number of ketones is 1. The Morgan fingerprint density at radius 1 is 0.900 bits per heavy atom. The van der Waals surface area contributed by atoms with Crippen molar-refractivity contribution >= 4 is 16.8 Å². The summed E-state index contributed by atoms with van der Waals surface area (Å²) in [5.74, 6) is 1.42. The van der Waals surface area contributed by atoms with Crippen molar-refractivity contribution in [3.05, 3.63) is 89.3 Å². The number of aryl methyl sites for hydroxylation is 3. The molecular formula is C35H42IrNO3-. The van der Waals surface area contributed by atoms with Crippen LogP contribution in [0.25, 0.3) is 33.6 Å². The maximum atomic E-state index is 11.7. The van der Waals surface area contributed by atoms with Crippen molar-refractivity contribution in [2.75, 3.05) is 0 Å². The predicted molar refractivity (Wildman–Crippen MR) is 162 cm³/mol. The molecule has 215 valence electrons. The number of rotatable bonds is 9. The van der Waals surface area contributed by atoms with E-state index in [1.807, 2.05) is 46.0 Å². The van der Waals surface area contributed by atoms with Gasteiger partial charge in [0, 0.05) is 55.2 Å². The van der Waals surface area contributed by atoms with Crippen molar-refractivity contribution in [1.82, 2.24) is 4.98 Å². The molecule has 4 nitrogen and oxygen atoms in total. The first-order chi connectivity index (χ1) is 18.7. The Morgan fingerprint density at radius 3 is 2.10 bits per heavy atom. The summed E-state index contributed by atoms with van der Waals surface area (Å²) in [6.45, 7) is 14.3. The van der Waals surface area contributed by atoms with Gasteiger partial charge >= 0.3 is 0 Å². The van der Waals surface area contributed by atoms with E-state index < -0.39 is 0 Å². The fourth-order valence-corrected chi connectivity index (χ4v) is 4.75. The van der Waals surface area contributed by atoms with Gasteiger partial charge in [-0.1, -0.05) is 71.4 Å². The van der Waals surface area contributed by atoms with Crippen molar-refractivity contribution in [1.29, 1.82) is 0 Å². The summed E-state index contributed by atoms with van der Waals surface area (Å²) in [6, 6.07) is 20.0. The zero-order valence-corrected chi connectivity index (χ0v) is 27.2. The largest absolute Gasteiger partial charge is 0.512 e. The molecule has 0 aliphatic rings. The third-order valence-electron chi connectivity index (χ3n) is 7.24. The summed E-state index contributed by atoms with van der Waals surface area (Å²) in [7, 11) is 0. The van der Waals surface area contributed by atoms with E-state index in [0.29, 0.717) is 0 Å². The molecule has 0 atom stereocenters. The predicted octanol–water partition coefficient (Wildman–Crippen LogP) is 9.75. The second kappa shape index (κ2) is 15.7. The maximum Gasteiger partial charge on any atom is 0.162 e. The number of benzene rings is 2.